The molecule has 4 nitrogen and oxygen atoms in total. The zero-order chi connectivity index (χ0) is 12.2. The second-order valence-electron chi connectivity index (χ2n) is 4.59. The summed E-state index contributed by atoms with van der Waals surface area (Å²) in [6.07, 6.45) is 2.62. The minimum Gasteiger partial charge on any atom is -0.466 e. The standard InChI is InChI=1S/C12H23NO3/c1-5-15-10-7-12(8-10,13(3)4)9-11(14)16-6-2/h10H,5-9H2,1-4H3. The van der Waals surface area contributed by atoms with Gasteiger partial charge in [0.15, 0.2) is 0 Å². The third-order valence-corrected chi connectivity index (χ3v) is 3.35. The number of ether oxygens (including phenoxy) is 2. The molecule has 94 valence electrons. The van der Waals surface area contributed by atoms with Crippen molar-refractivity contribution in [2.24, 2.45) is 0 Å². The van der Waals surface area contributed by atoms with Crippen molar-refractivity contribution in [2.45, 2.75) is 44.8 Å². The van der Waals surface area contributed by atoms with Gasteiger partial charge >= 0.3 is 5.97 Å². The highest BCUT2D eigenvalue weighted by Crippen LogP contribution is 2.41. The van der Waals surface area contributed by atoms with Crippen LogP contribution in [-0.4, -0.2) is 49.8 Å². The third kappa shape index (κ3) is 2.95. The molecule has 0 bridgehead atoms. The van der Waals surface area contributed by atoms with Crippen molar-refractivity contribution in [1.82, 2.24) is 4.90 Å². The van der Waals surface area contributed by atoms with Gasteiger partial charge in [-0.15, -0.1) is 0 Å². The topological polar surface area (TPSA) is 38.8 Å². The van der Waals surface area contributed by atoms with Crippen LogP contribution in [0.25, 0.3) is 0 Å². The van der Waals surface area contributed by atoms with Gasteiger partial charge in [-0.25, -0.2) is 0 Å². The lowest BCUT2D eigenvalue weighted by Crippen LogP contribution is -2.58. The summed E-state index contributed by atoms with van der Waals surface area (Å²) in [6.45, 7) is 5.04. The molecule has 0 amide bonds. The van der Waals surface area contributed by atoms with E-state index in [1.165, 1.54) is 0 Å². The number of hydrogen-bond donors (Lipinski definition) is 0. The molecular formula is C12H23NO3. The predicted octanol–water partition coefficient (Wildman–Crippen LogP) is 1.44. The SMILES string of the molecule is CCOC(=O)CC1(N(C)C)CC(OCC)C1. The van der Waals surface area contributed by atoms with Gasteiger partial charge in [-0.1, -0.05) is 0 Å². The van der Waals surface area contributed by atoms with E-state index >= 15 is 0 Å². The molecule has 0 aromatic carbocycles. The normalized spacial score (nSPS) is 28.9. The Labute approximate surface area is 97.9 Å². The second-order valence-corrected chi connectivity index (χ2v) is 4.59. The Hall–Kier alpha value is -0.610. The fourth-order valence-corrected chi connectivity index (χ4v) is 2.29. The molecule has 0 aromatic rings. The van der Waals surface area contributed by atoms with Crippen LogP contribution in [0, 0.1) is 0 Å². The summed E-state index contributed by atoms with van der Waals surface area (Å²) >= 11 is 0. The van der Waals surface area contributed by atoms with E-state index in [0.29, 0.717) is 19.1 Å². The summed E-state index contributed by atoms with van der Waals surface area (Å²) in [4.78, 5) is 13.7. The van der Waals surface area contributed by atoms with Gasteiger partial charge in [-0.2, -0.15) is 0 Å². The van der Waals surface area contributed by atoms with Crippen molar-refractivity contribution in [1.29, 1.82) is 0 Å². The fourth-order valence-electron chi connectivity index (χ4n) is 2.29. The maximum absolute atomic E-state index is 11.5. The molecule has 0 spiro atoms. The first kappa shape index (κ1) is 13.5. The van der Waals surface area contributed by atoms with E-state index in [2.05, 4.69) is 4.90 Å². The van der Waals surface area contributed by atoms with Gasteiger partial charge in [-0.05, 0) is 40.8 Å². The lowest BCUT2D eigenvalue weighted by Gasteiger charge is -2.51. The summed E-state index contributed by atoms with van der Waals surface area (Å²) in [5.74, 6) is -0.105. The molecule has 0 heterocycles. The first-order chi connectivity index (χ1) is 7.54. The quantitative estimate of drug-likeness (QED) is 0.646. The van der Waals surface area contributed by atoms with Gasteiger partial charge in [0.05, 0.1) is 19.1 Å². The second kappa shape index (κ2) is 5.64. The molecule has 1 aliphatic carbocycles. The number of esters is 1. The molecule has 0 aliphatic heterocycles. The minimum absolute atomic E-state index is 0.0495. The summed E-state index contributed by atoms with van der Waals surface area (Å²) < 4.78 is 10.6. The van der Waals surface area contributed by atoms with E-state index in [9.17, 15) is 4.79 Å². The van der Waals surface area contributed by atoms with Gasteiger partial charge in [0.25, 0.3) is 0 Å². The Kier molecular flexibility index (Phi) is 4.74. The lowest BCUT2D eigenvalue weighted by atomic mass is 9.71. The first-order valence-corrected chi connectivity index (χ1v) is 5.98. The van der Waals surface area contributed by atoms with Crippen molar-refractivity contribution in [3.8, 4) is 0 Å². The molecule has 0 saturated heterocycles. The van der Waals surface area contributed by atoms with E-state index in [1.54, 1.807) is 0 Å². The molecular weight excluding hydrogens is 206 g/mol. The molecule has 0 atom stereocenters. The Bertz CT molecular complexity index is 234. The highest BCUT2D eigenvalue weighted by atomic mass is 16.5. The van der Waals surface area contributed by atoms with Crippen LogP contribution in [0.1, 0.15) is 33.1 Å². The number of hydrogen-bond acceptors (Lipinski definition) is 4. The predicted molar refractivity (Wildman–Crippen MR) is 62.3 cm³/mol. The molecule has 1 saturated carbocycles. The van der Waals surface area contributed by atoms with Crippen molar-refractivity contribution in [3.63, 3.8) is 0 Å². The largest absolute Gasteiger partial charge is 0.466 e. The smallest absolute Gasteiger partial charge is 0.307 e. The van der Waals surface area contributed by atoms with Gasteiger partial charge in [0.2, 0.25) is 0 Å². The Morgan fingerprint density at radius 1 is 1.31 bits per heavy atom. The molecule has 1 rings (SSSR count). The van der Waals surface area contributed by atoms with Crippen LogP contribution in [0.4, 0.5) is 0 Å². The molecule has 1 aliphatic rings. The van der Waals surface area contributed by atoms with Crippen LogP contribution in [0.3, 0.4) is 0 Å². The van der Waals surface area contributed by atoms with Crippen LogP contribution in [0.5, 0.6) is 0 Å². The number of nitrogens with zero attached hydrogens (tertiary/aromatic N) is 1. The van der Waals surface area contributed by atoms with Crippen molar-refractivity contribution >= 4 is 5.97 Å². The summed E-state index contributed by atoms with van der Waals surface area (Å²) in [7, 11) is 4.03. The molecule has 0 unspecified atom stereocenters. The van der Waals surface area contributed by atoms with Gasteiger partial charge < -0.3 is 14.4 Å². The van der Waals surface area contributed by atoms with E-state index < -0.39 is 0 Å². The first-order valence-electron chi connectivity index (χ1n) is 5.98. The molecule has 1 fully saturated rings. The van der Waals surface area contributed by atoms with Crippen LogP contribution in [0.2, 0.25) is 0 Å². The lowest BCUT2D eigenvalue weighted by molar-refractivity contribution is -0.153. The zero-order valence-electron chi connectivity index (χ0n) is 10.8. The van der Waals surface area contributed by atoms with Crippen molar-refractivity contribution in [3.05, 3.63) is 0 Å². The Morgan fingerprint density at radius 3 is 2.38 bits per heavy atom. The van der Waals surface area contributed by atoms with E-state index in [4.69, 9.17) is 9.47 Å². The molecule has 4 heteroatoms. The highest BCUT2D eigenvalue weighted by Gasteiger charge is 2.48. The molecule has 0 radical (unpaired) electrons. The average molecular weight is 229 g/mol. The highest BCUT2D eigenvalue weighted by molar-refractivity contribution is 5.71. The summed E-state index contributed by atoms with van der Waals surface area (Å²) in [6, 6.07) is 0. The van der Waals surface area contributed by atoms with E-state index in [-0.39, 0.29) is 11.5 Å². The number of rotatable bonds is 6. The van der Waals surface area contributed by atoms with Gasteiger partial charge in [-0.3, -0.25) is 4.79 Å². The Morgan fingerprint density at radius 2 is 1.94 bits per heavy atom. The van der Waals surface area contributed by atoms with Crippen LogP contribution >= 0.6 is 0 Å². The third-order valence-electron chi connectivity index (χ3n) is 3.35. The van der Waals surface area contributed by atoms with Gasteiger partial charge in [0.1, 0.15) is 0 Å². The maximum atomic E-state index is 11.5. The minimum atomic E-state index is -0.105. The monoisotopic (exact) mass is 229 g/mol. The zero-order valence-corrected chi connectivity index (χ0v) is 10.8. The van der Waals surface area contributed by atoms with Crippen LogP contribution in [-0.2, 0) is 14.3 Å². The average Bonchev–Trinajstić information content (AvgIpc) is 2.14. The number of carbonyl (C=O) groups is 1. The maximum Gasteiger partial charge on any atom is 0.307 e. The van der Waals surface area contributed by atoms with Crippen LogP contribution < -0.4 is 0 Å². The van der Waals surface area contributed by atoms with E-state index in [1.807, 2.05) is 27.9 Å². The Balaban J connectivity index is 2.47. The fraction of sp³-hybridized carbons (Fsp3) is 0.917. The van der Waals surface area contributed by atoms with Crippen molar-refractivity contribution < 1.29 is 14.3 Å². The number of carbonyl (C=O) groups excluding carboxylic acids is 1. The molecule has 16 heavy (non-hydrogen) atoms. The van der Waals surface area contributed by atoms with Gasteiger partial charge in [0, 0.05) is 12.1 Å². The van der Waals surface area contributed by atoms with E-state index in [0.717, 1.165) is 19.4 Å². The summed E-state index contributed by atoms with van der Waals surface area (Å²) in [5.41, 5.74) is -0.0495. The molecule has 0 aromatic heterocycles. The molecule has 0 N–H and O–H groups in total. The van der Waals surface area contributed by atoms with Crippen LogP contribution in [0.15, 0.2) is 0 Å². The summed E-state index contributed by atoms with van der Waals surface area (Å²) in [5, 5.41) is 0. The van der Waals surface area contributed by atoms with Crippen molar-refractivity contribution in [2.75, 3.05) is 27.3 Å².